The largest absolute Gasteiger partial charge is 0.534 e. The van der Waals surface area contributed by atoms with Gasteiger partial charge in [0, 0.05) is 6.20 Å². The lowest BCUT2D eigenvalue weighted by atomic mass is 10.3. The molecule has 0 saturated carbocycles. The Morgan fingerprint density at radius 2 is 2.06 bits per heavy atom. The van der Waals surface area contributed by atoms with Crippen molar-refractivity contribution in [2.45, 2.75) is 5.51 Å². The van der Waals surface area contributed by atoms with Crippen molar-refractivity contribution in [1.29, 1.82) is 5.26 Å². The van der Waals surface area contributed by atoms with Crippen LogP contribution in [0.3, 0.4) is 0 Å². The van der Waals surface area contributed by atoms with Gasteiger partial charge < -0.3 is 4.18 Å². The van der Waals surface area contributed by atoms with Crippen molar-refractivity contribution in [2.24, 2.45) is 0 Å². The van der Waals surface area contributed by atoms with Crippen LogP contribution in [0.25, 0.3) is 0 Å². The summed E-state index contributed by atoms with van der Waals surface area (Å²) >= 11 is 0. The Kier molecular flexibility index (Phi) is 3.04. The second-order valence-electron chi connectivity index (χ2n) is 2.45. The van der Waals surface area contributed by atoms with Gasteiger partial charge in [-0.25, -0.2) is 4.98 Å². The Labute approximate surface area is 88.2 Å². The van der Waals surface area contributed by atoms with Crippen LogP contribution in [-0.2, 0) is 10.1 Å². The molecular formula is C7H3F3N2O3S. The van der Waals surface area contributed by atoms with E-state index in [9.17, 15) is 21.6 Å². The summed E-state index contributed by atoms with van der Waals surface area (Å²) < 4.78 is 60.8. The van der Waals surface area contributed by atoms with Gasteiger partial charge in [0.2, 0.25) is 0 Å². The number of aromatic nitrogens is 1. The maximum absolute atomic E-state index is 11.9. The topological polar surface area (TPSA) is 80.0 Å². The molecule has 1 rings (SSSR count). The van der Waals surface area contributed by atoms with Crippen molar-refractivity contribution < 1.29 is 25.8 Å². The van der Waals surface area contributed by atoms with Gasteiger partial charge in [0.25, 0.3) is 0 Å². The van der Waals surface area contributed by atoms with Crippen LogP contribution in [0.4, 0.5) is 13.2 Å². The molecule has 1 aromatic rings. The molecule has 0 saturated heterocycles. The summed E-state index contributed by atoms with van der Waals surface area (Å²) in [6, 6.07) is 3.44. The van der Waals surface area contributed by atoms with Crippen molar-refractivity contribution in [3.63, 3.8) is 0 Å². The zero-order chi connectivity index (χ0) is 12.4. The molecule has 0 bridgehead atoms. The standard InChI is InChI=1S/C7H3F3N2O3S/c8-7(9,10)16(13,14)15-6-2-1-3-12-5(6)4-11/h1-3H. The molecular weight excluding hydrogens is 249 g/mol. The molecule has 0 spiro atoms. The Morgan fingerprint density at radius 1 is 1.44 bits per heavy atom. The van der Waals surface area contributed by atoms with Gasteiger partial charge in [-0.1, -0.05) is 0 Å². The summed E-state index contributed by atoms with van der Waals surface area (Å²) in [6.45, 7) is 0. The number of alkyl halides is 3. The van der Waals surface area contributed by atoms with Gasteiger partial charge in [0.15, 0.2) is 11.4 Å². The van der Waals surface area contributed by atoms with Gasteiger partial charge in [-0.05, 0) is 12.1 Å². The number of rotatable bonds is 2. The van der Waals surface area contributed by atoms with E-state index >= 15 is 0 Å². The molecule has 16 heavy (non-hydrogen) atoms. The highest BCUT2D eigenvalue weighted by molar-refractivity contribution is 7.88. The van der Waals surface area contributed by atoms with Crippen LogP contribution in [0.15, 0.2) is 18.3 Å². The first-order valence-corrected chi connectivity index (χ1v) is 5.04. The minimum absolute atomic E-state index is 0.546. The molecule has 5 nitrogen and oxygen atoms in total. The molecule has 0 N–H and O–H groups in total. The third kappa shape index (κ3) is 2.40. The predicted molar refractivity (Wildman–Crippen MR) is 44.6 cm³/mol. The number of pyridine rings is 1. The van der Waals surface area contributed by atoms with Crippen molar-refractivity contribution in [1.82, 2.24) is 4.98 Å². The molecule has 0 aliphatic carbocycles. The van der Waals surface area contributed by atoms with E-state index in [1.807, 2.05) is 0 Å². The van der Waals surface area contributed by atoms with Gasteiger partial charge in [-0.15, -0.1) is 0 Å². The van der Waals surface area contributed by atoms with Crippen molar-refractivity contribution in [3.8, 4) is 11.8 Å². The smallest absolute Gasteiger partial charge is 0.373 e. The normalized spacial score (nSPS) is 11.9. The number of halogens is 3. The molecule has 1 aromatic heterocycles. The Morgan fingerprint density at radius 3 is 2.56 bits per heavy atom. The van der Waals surface area contributed by atoms with Gasteiger partial charge >= 0.3 is 15.6 Å². The van der Waals surface area contributed by atoms with E-state index in [1.54, 1.807) is 0 Å². The zero-order valence-electron chi connectivity index (χ0n) is 7.39. The Bertz CT molecular complexity index is 533. The monoisotopic (exact) mass is 252 g/mol. The quantitative estimate of drug-likeness (QED) is 0.583. The fourth-order valence-corrected chi connectivity index (χ4v) is 1.17. The molecule has 0 unspecified atom stereocenters. The van der Waals surface area contributed by atoms with Crippen LogP contribution in [0.1, 0.15) is 5.69 Å². The number of nitrogens with zero attached hydrogens (tertiary/aromatic N) is 2. The highest BCUT2D eigenvalue weighted by Gasteiger charge is 2.48. The fraction of sp³-hybridized carbons (Fsp3) is 0.143. The summed E-state index contributed by atoms with van der Waals surface area (Å²) in [5.74, 6) is -0.762. The Balaban J connectivity index is 3.13. The molecule has 0 fully saturated rings. The van der Waals surface area contributed by atoms with Crippen LogP contribution in [0, 0.1) is 11.3 Å². The highest BCUT2D eigenvalue weighted by Crippen LogP contribution is 2.27. The maximum Gasteiger partial charge on any atom is 0.534 e. The lowest BCUT2D eigenvalue weighted by molar-refractivity contribution is -0.0500. The summed E-state index contributed by atoms with van der Waals surface area (Å²) in [7, 11) is -5.77. The second-order valence-corrected chi connectivity index (χ2v) is 3.98. The lowest BCUT2D eigenvalue weighted by Crippen LogP contribution is -2.28. The van der Waals surface area contributed by atoms with E-state index in [0.29, 0.717) is 0 Å². The average molecular weight is 252 g/mol. The van der Waals surface area contributed by atoms with Crippen molar-refractivity contribution >= 4 is 10.1 Å². The second kappa shape index (κ2) is 3.97. The summed E-state index contributed by atoms with van der Waals surface area (Å²) in [5.41, 5.74) is -6.09. The molecule has 0 aromatic carbocycles. The van der Waals surface area contributed by atoms with Gasteiger partial charge in [-0.3, -0.25) is 0 Å². The first-order chi connectivity index (χ1) is 7.28. The maximum atomic E-state index is 11.9. The minimum atomic E-state index is -5.77. The molecule has 0 amide bonds. The molecule has 0 radical (unpaired) electrons. The van der Waals surface area contributed by atoms with E-state index in [1.165, 1.54) is 6.07 Å². The van der Waals surface area contributed by atoms with E-state index in [0.717, 1.165) is 18.3 Å². The van der Waals surface area contributed by atoms with Gasteiger partial charge in [-0.2, -0.15) is 26.9 Å². The average Bonchev–Trinajstić information content (AvgIpc) is 2.16. The van der Waals surface area contributed by atoms with Crippen molar-refractivity contribution in [2.75, 3.05) is 0 Å². The molecule has 0 aliphatic rings. The summed E-state index contributed by atoms with van der Waals surface area (Å²) in [5, 5.41) is 8.45. The number of hydrogen-bond acceptors (Lipinski definition) is 5. The van der Waals surface area contributed by atoms with Crippen LogP contribution >= 0.6 is 0 Å². The summed E-state index contributed by atoms with van der Waals surface area (Å²) in [4.78, 5) is 3.35. The highest BCUT2D eigenvalue weighted by atomic mass is 32.2. The Hall–Kier alpha value is -1.82. The SMILES string of the molecule is N#Cc1ncccc1OS(=O)(=O)C(F)(F)F. The number of nitriles is 1. The van der Waals surface area contributed by atoms with Crippen LogP contribution in [0.5, 0.6) is 5.75 Å². The van der Waals surface area contributed by atoms with E-state index in [4.69, 9.17) is 5.26 Å². The van der Waals surface area contributed by atoms with Crippen molar-refractivity contribution in [3.05, 3.63) is 24.0 Å². The van der Waals surface area contributed by atoms with E-state index in [-0.39, 0.29) is 0 Å². The first kappa shape index (κ1) is 12.3. The van der Waals surface area contributed by atoms with E-state index in [2.05, 4.69) is 9.17 Å². The van der Waals surface area contributed by atoms with Crippen LogP contribution in [0.2, 0.25) is 0 Å². The minimum Gasteiger partial charge on any atom is -0.373 e. The zero-order valence-corrected chi connectivity index (χ0v) is 8.21. The molecule has 0 aliphatic heterocycles. The fourth-order valence-electron chi connectivity index (χ4n) is 0.707. The molecule has 86 valence electrons. The molecule has 9 heteroatoms. The first-order valence-electron chi connectivity index (χ1n) is 3.64. The molecule has 0 atom stereocenters. The third-order valence-corrected chi connectivity index (χ3v) is 2.33. The lowest BCUT2D eigenvalue weighted by Gasteiger charge is -2.09. The predicted octanol–water partition coefficient (Wildman–Crippen LogP) is 1.18. The van der Waals surface area contributed by atoms with Crippen LogP contribution in [-0.4, -0.2) is 18.9 Å². The third-order valence-electron chi connectivity index (χ3n) is 1.36. The summed E-state index contributed by atoms with van der Waals surface area (Å²) in [6.07, 6.45) is 1.12. The van der Waals surface area contributed by atoms with Gasteiger partial charge in [0.05, 0.1) is 0 Å². The van der Waals surface area contributed by atoms with Gasteiger partial charge in [0.1, 0.15) is 6.07 Å². The molecule has 1 heterocycles. The van der Waals surface area contributed by atoms with Crippen LogP contribution < -0.4 is 4.18 Å². The number of hydrogen-bond donors (Lipinski definition) is 0. The van der Waals surface area contributed by atoms with E-state index < -0.39 is 27.1 Å².